The Bertz CT molecular complexity index is 1410. The standard InChI is InChI=1S/C40H64FN5O8/c1-28-24-32-31-13-12-29-25-30(47)14-15-37(29,2)39(31,41)33(48)26-38(32,3)40(28,52)34(49)27-54-36(51)45-21-6-4-5-9-23-53-35(50)46-22-11-20-44-18-8-7-17-43-19-10-16-42/h14-15,25,28,31-32,43-44,52H,4-13,16-24,26-27,42H2,1-3H3,(H,45,51)(H,46,50)/t28-,31?,32?,37?,38?,39+,40+/m1/s1. The third-order valence-electron chi connectivity index (χ3n) is 12.6. The van der Waals surface area contributed by atoms with Crippen molar-refractivity contribution in [1.29, 1.82) is 0 Å². The van der Waals surface area contributed by atoms with Crippen LogP contribution in [0.3, 0.4) is 0 Å². The Balaban J connectivity index is 1.08. The van der Waals surface area contributed by atoms with E-state index in [-0.39, 0.29) is 12.2 Å². The van der Waals surface area contributed by atoms with Gasteiger partial charge in [0.15, 0.2) is 23.8 Å². The van der Waals surface area contributed by atoms with Gasteiger partial charge in [-0.15, -0.1) is 0 Å². The van der Waals surface area contributed by atoms with Crippen LogP contribution in [0.25, 0.3) is 0 Å². The van der Waals surface area contributed by atoms with E-state index in [9.17, 15) is 29.1 Å². The summed E-state index contributed by atoms with van der Waals surface area (Å²) in [6, 6.07) is 0. The van der Waals surface area contributed by atoms with Gasteiger partial charge in [-0.2, -0.15) is 0 Å². The zero-order valence-corrected chi connectivity index (χ0v) is 32.6. The Morgan fingerprint density at radius 2 is 1.48 bits per heavy atom. The molecule has 0 aromatic rings. The third-order valence-corrected chi connectivity index (χ3v) is 12.6. The lowest BCUT2D eigenvalue weighted by molar-refractivity contribution is -0.187. The van der Waals surface area contributed by atoms with Gasteiger partial charge >= 0.3 is 12.2 Å². The Morgan fingerprint density at radius 1 is 0.870 bits per heavy atom. The fourth-order valence-electron chi connectivity index (χ4n) is 9.53. The topological polar surface area (TPSA) is 198 Å². The van der Waals surface area contributed by atoms with Gasteiger partial charge < -0.3 is 41.6 Å². The first kappa shape index (κ1) is 43.5. The minimum Gasteiger partial charge on any atom is -0.450 e. The summed E-state index contributed by atoms with van der Waals surface area (Å²) in [5.74, 6) is -3.38. The lowest BCUT2D eigenvalue weighted by Gasteiger charge is -2.59. The van der Waals surface area contributed by atoms with Gasteiger partial charge in [-0.1, -0.05) is 31.9 Å². The number of allylic oxidation sites excluding steroid dienone is 4. The molecule has 0 radical (unpaired) electrons. The molecule has 2 amide bonds. The number of fused-ring (bicyclic) bond motifs is 5. The number of alkyl halides is 1. The van der Waals surface area contributed by atoms with E-state index in [1.807, 2.05) is 0 Å². The van der Waals surface area contributed by atoms with Crippen LogP contribution in [0, 0.1) is 28.6 Å². The first-order chi connectivity index (χ1) is 25.8. The maximum absolute atomic E-state index is 17.3. The van der Waals surface area contributed by atoms with Crippen molar-refractivity contribution in [3.05, 3.63) is 23.8 Å². The molecule has 7 N–H and O–H groups in total. The number of alkyl carbamates (subject to hydrolysis) is 2. The van der Waals surface area contributed by atoms with Crippen LogP contribution >= 0.6 is 0 Å². The number of aliphatic hydroxyl groups is 1. The van der Waals surface area contributed by atoms with Gasteiger partial charge in [-0.25, -0.2) is 14.0 Å². The Labute approximate surface area is 319 Å². The monoisotopic (exact) mass is 761 g/mol. The number of rotatable bonds is 22. The van der Waals surface area contributed by atoms with Crippen molar-refractivity contribution in [2.45, 2.75) is 109 Å². The minimum atomic E-state index is -2.26. The van der Waals surface area contributed by atoms with Crippen LogP contribution in [0.15, 0.2) is 23.8 Å². The molecule has 0 aromatic heterocycles. The molecule has 54 heavy (non-hydrogen) atoms. The summed E-state index contributed by atoms with van der Waals surface area (Å²) >= 11 is 0. The van der Waals surface area contributed by atoms with E-state index in [0.29, 0.717) is 63.9 Å². The molecular formula is C40H64FN5O8. The Kier molecular flexibility index (Phi) is 15.8. The predicted molar refractivity (Wildman–Crippen MR) is 202 cm³/mol. The fourth-order valence-corrected chi connectivity index (χ4v) is 9.53. The number of nitrogens with two attached hydrogens (primary N) is 1. The van der Waals surface area contributed by atoms with E-state index in [2.05, 4.69) is 21.3 Å². The van der Waals surface area contributed by atoms with Gasteiger partial charge in [0.05, 0.1) is 6.61 Å². The van der Waals surface area contributed by atoms with Crippen LogP contribution in [0.4, 0.5) is 14.0 Å². The van der Waals surface area contributed by atoms with E-state index >= 15 is 4.39 Å². The average molecular weight is 762 g/mol. The predicted octanol–water partition coefficient (Wildman–Crippen LogP) is 3.82. The number of halogens is 1. The zero-order valence-electron chi connectivity index (χ0n) is 32.6. The molecule has 13 nitrogen and oxygen atoms in total. The molecule has 7 atom stereocenters. The van der Waals surface area contributed by atoms with Crippen LogP contribution in [-0.2, 0) is 23.9 Å². The molecule has 3 fully saturated rings. The quantitative estimate of drug-likeness (QED) is 0.0878. The number of nitrogens with one attached hydrogen (secondary N) is 4. The smallest absolute Gasteiger partial charge is 0.407 e. The first-order valence-electron chi connectivity index (χ1n) is 20.1. The SMILES string of the molecule is C[C@@H]1CC2C3CCC4=CC(=O)C=CC4(C)[C@@]3(F)C(=O)CC2(C)[C@@]1(O)C(=O)COC(=O)NCCCCCCOC(=O)NCCCNCCCCNCCCN. The lowest BCUT2D eigenvalue weighted by atomic mass is 9.45. The largest absolute Gasteiger partial charge is 0.450 e. The van der Waals surface area contributed by atoms with Crippen LogP contribution in [0.5, 0.6) is 0 Å². The Morgan fingerprint density at radius 3 is 2.19 bits per heavy atom. The van der Waals surface area contributed by atoms with E-state index in [1.165, 1.54) is 18.2 Å². The highest BCUT2D eigenvalue weighted by molar-refractivity contribution is 6.03. The van der Waals surface area contributed by atoms with Crippen molar-refractivity contribution in [1.82, 2.24) is 21.3 Å². The molecule has 4 rings (SSSR count). The molecule has 4 aliphatic carbocycles. The molecule has 4 aliphatic rings. The molecule has 0 bridgehead atoms. The van der Waals surface area contributed by atoms with Crippen molar-refractivity contribution >= 4 is 29.5 Å². The van der Waals surface area contributed by atoms with Crippen molar-refractivity contribution in [3.8, 4) is 0 Å². The van der Waals surface area contributed by atoms with E-state index in [0.717, 1.165) is 64.7 Å². The maximum atomic E-state index is 17.3. The summed E-state index contributed by atoms with van der Waals surface area (Å²) in [6.07, 6.45) is 10.8. The summed E-state index contributed by atoms with van der Waals surface area (Å²) in [5.41, 5.74) is -0.666. The lowest BCUT2D eigenvalue weighted by Crippen LogP contribution is -2.68. The van der Waals surface area contributed by atoms with Gasteiger partial charge in [0.25, 0.3) is 0 Å². The molecule has 3 saturated carbocycles. The van der Waals surface area contributed by atoms with Crippen LogP contribution in [0.2, 0.25) is 0 Å². The van der Waals surface area contributed by atoms with E-state index < -0.39 is 70.2 Å². The molecule has 0 aliphatic heterocycles. The number of ether oxygens (including phenoxy) is 2. The summed E-state index contributed by atoms with van der Waals surface area (Å²) < 4.78 is 27.7. The number of unbranched alkanes of at least 4 members (excludes halogenated alkanes) is 4. The second-order valence-corrected chi connectivity index (χ2v) is 16.1. The zero-order chi connectivity index (χ0) is 39.4. The van der Waals surface area contributed by atoms with Crippen LogP contribution in [0.1, 0.15) is 97.8 Å². The number of carbonyl (C=O) groups is 5. The van der Waals surface area contributed by atoms with E-state index in [4.69, 9.17) is 15.2 Å². The molecule has 0 aromatic carbocycles. The number of hydrogen-bond donors (Lipinski definition) is 6. The van der Waals surface area contributed by atoms with Gasteiger partial charge in [-0.3, -0.25) is 14.4 Å². The highest BCUT2D eigenvalue weighted by Crippen LogP contribution is 2.69. The van der Waals surface area contributed by atoms with Crippen molar-refractivity contribution in [2.24, 2.45) is 34.3 Å². The van der Waals surface area contributed by atoms with Crippen LogP contribution < -0.4 is 27.0 Å². The number of carbonyl (C=O) groups excluding carboxylic acids is 5. The molecule has 4 unspecified atom stereocenters. The Hall–Kier alpha value is -3.20. The summed E-state index contributed by atoms with van der Waals surface area (Å²) in [7, 11) is 0. The van der Waals surface area contributed by atoms with Crippen molar-refractivity contribution < 1.29 is 42.9 Å². The number of ketones is 3. The number of amides is 2. The van der Waals surface area contributed by atoms with Gasteiger partial charge in [0.2, 0.25) is 5.78 Å². The molecule has 0 spiro atoms. The molecule has 304 valence electrons. The highest BCUT2D eigenvalue weighted by atomic mass is 19.1. The molecule has 0 heterocycles. The number of hydrogen-bond acceptors (Lipinski definition) is 11. The second kappa shape index (κ2) is 19.6. The van der Waals surface area contributed by atoms with Gasteiger partial charge in [-0.05, 0) is 128 Å². The normalized spacial score (nSPS) is 31.2. The summed E-state index contributed by atoms with van der Waals surface area (Å²) in [6.45, 7) is 10.0. The highest BCUT2D eigenvalue weighted by Gasteiger charge is 2.75. The second-order valence-electron chi connectivity index (χ2n) is 16.1. The van der Waals surface area contributed by atoms with Gasteiger partial charge in [0.1, 0.15) is 5.60 Å². The molecular weight excluding hydrogens is 697 g/mol. The minimum absolute atomic E-state index is 0.223. The van der Waals surface area contributed by atoms with Crippen LogP contribution in [-0.4, -0.2) is 105 Å². The third kappa shape index (κ3) is 9.42. The van der Waals surface area contributed by atoms with Crippen molar-refractivity contribution in [3.63, 3.8) is 0 Å². The van der Waals surface area contributed by atoms with Gasteiger partial charge in [0, 0.05) is 36.3 Å². The van der Waals surface area contributed by atoms with E-state index in [1.54, 1.807) is 20.8 Å². The summed E-state index contributed by atoms with van der Waals surface area (Å²) in [4.78, 5) is 63.9. The molecule has 0 saturated heterocycles. The first-order valence-corrected chi connectivity index (χ1v) is 20.1. The number of Topliss-reactive ketones (excluding diaryl/α,β-unsaturated/α-hetero) is 2. The maximum Gasteiger partial charge on any atom is 0.407 e. The fraction of sp³-hybridized carbons (Fsp3) is 0.775. The van der Waals surface area contributed by atoms with Crippen molar-refractivity contribution in [2.75, 3.05) is 59.0 Å². The average Bonchev–Trinajstić information content (AvgIpc) is 3.34. The summed E-state index contributed by atoms with van der Waals surface area (Å²) in [5, 5.41) is 24.2. The molecule has 14 heteroatoms.